The van der Waals surface area contributed by atoms with Crippen LogP contribution in [0.4, 0.5) is 0 Å². The first-order valence-electron chi connectivity index (χ1n) is 4.96. The van der Waals surface area contributed by atoms with E-state index >= 15 is 0 Å². The van der Waals surface area contributed by atoms with Crippen LogP contribution in [0, 0.1) is 0 Å². The van der Waals surface area contributed by atoms with Crippen molar-refractivity contribution >= 4 is 11.9 Å². The molecule has 88 valence electrons. The molecular weight excluding hydrogens is 210 g/mol. The highest BCUT2D eigenvalue weighted by Gasteiger charge is 2.08. The molecule has 0 fully saturated rings. The summed E-state index contributed by atoms with van der Waals surface area (Å²) in [7, 11) is 0. The SMILES string of the molecule is NC(N)=NCCCCOC(=O)c1ccco1. The molecule has 4 N–H and O–H groups in total. The van der Waals surface area contributed by atoms with Crippen molar-refractivity contribution in [3.05, 3.63) is 24.2 Å². The largest absolute Gasteiger partial charge is 0.460 e. The first-order valence-corrected chi connectivity index (χ1v) is 4.96. The molecule has 1 aromatic heterocycles. The molecule has 0 aromatic carbocycles. The van der Waals surface area contributed by atoms with Crippen molar-refractivity contribution in [2.75, 3.05) is 13.2 Å². The number of furan rings is 1. The van der Waals surface area contributed by atoms with E-state index in [1.54, 1.807) is 12.1 Å². The Balaban J connectivity index is 2.08. The molecule has 0 aliphatic rings. The number of rotatable bonds is 6. The maximum absolute atomic E-state index is 11.3. The summed E-state index contributed by atoms with van der Waals surface area (Å²) < 4.78 is 9.83. The standard InChI is InChI=1S/C10H15N3O3/c11-10(12)13-5-1-2-6-16-9(14)8-4-3-7-15-8/h3-4,7H,1-2,5-6H2,(H4,11,12,13). The van der Waals surface area contributed by atoms with Gasteiger partial charge in [-0.1, -0.05) is 0 Å². The molecule has 6 heteroatoms. The zero-order valence-corrected chi connectivity index (χ0v) is 8.89. The van der Waals surface area contributed by atoms with Crippen LogP contribution in [0.1, 0.15) is 23.4 Å². The molecule has 0 aliphatic heterocycles. The lowest BCUT2D eigenvalue weighted by atomic mass is 10.3. The fourth-order valence-corrected chi connectivity index (χ4v) is 1.05. The summed E-state index contributed by atoms with van der Waals surface area (Å²) in [6.07, 6.45) is 2.90. The van der Waals surface area contributed by atoms with E-state index in [0.717, 1.165) is 6.42 Å². The third-order valence-electron chi connectivity index (χ3n) is 1.80. The summed E-state index contributed by atoms with van der Waals surface area (Å²) in [5.74, 6) is -0.163. The number of guanidine groups is 1. The lowest BCUT2D eigenvalue weighted by molar-refractivity contribution is 0.0463. The Kier molecular flexibility index (Phi) is 4.91. The van der Waals surface area contributed by atoms with Gasteiger partial charge in [-0.05, 0) is 25.0 Å². The van der Waals surface area contributed by atoms with Crippen molar-refractivity contribution in [1.82, 2.24) is 0 Å². The Morgan fingerprint density at radius 3 is 2.88 bits per heavy atom. The number of nitrogens with two attached hydrogens (primary N) is 2. The number of aliphatic imine (C=N–C) groups is 1. The van der Waals surface area contributed by atoms with E-state index in [2.05, 4.69) is 4.99 Å². The van der Waals surface area contributed by atoms with Crippen molar-refractivity contribution in [2.24, 2.45) is 16.5 Å². The Bertz CT molecular complexity index is 342. The Morgan fingerprint density at radius 2 is 2.25 bits per heavy atom. The number of nitrogens with zero attached hydrogens (tertiary/aromatic N) is 1. The average Bonchev–Trinajstić information content (AvgIpc) is 2.75. The van der Waals surface area contributed by atoms with Crippen LogP contribution in [0.25, 0.3) is 0 Å². The van der Waals surface area contributed by atoms with E-state index < -0.39 is 5.97 Å². The number of ether oxygens (including phenoxy) is 1. The highest BCUT2D eigenvalue weighted by atomic mass is 16.5. The van der Waals surface area contributed by atoms with E-state index in [1.807, 2.05) is 0 Å². The molecule has 0 saturated carbocycles. The molecule has 0 amide bonds. The highest BCUT2D eigenvalue weighted by Crippen LogP contribution is 2.03. The molecule has 0 atom stereocenters. The van der Waals surface area contributed by atoms with Crippen molar-refractivity contribution in [2.45, 2.75) is 12.8 Å². The second kappa shape index (κ2) is 6.49. The minimum atomic E-state index is -0.452. The summed E-state index contributed by atoms with van der Waals surface area (Å²) in [5.41, 5.74) is 10.3. The van der Waals surface area contributed by atoms with E-state index in [0.29, 0.717) is 19.6 Å². The van der Waals surface area contributed by atoms with Gasteiger partial charge < -0.3 is 20.6 Å². The number of hydrogen-bond donors (Lipinski definition) is 2. The van der Waals surface area contributed by atoms with Crippen LogP contribution in [0.3, 0.4) is 0 Å². The number of esters is 1. The van der Waals surface area contributed by atoms with Gasteiger partial charge in [0.15, 0.2) is 5.96 Å². The third-order valence-corrected chi connectivity index (χ3v) is 1.80. The van der Waals surface area contributed by atoms with Crippen molar-refractivity contribution in [3.63, 3.8) is 0 Å². The summed E-state index contributed by atoms with van der Waals surface area (Å²) in [6.45, 7) is 0.875. The van der Waals surface area contributed by atoms with Crippen LogP contribution in [0.5, 0.6) is 0 Å². The van der Waals surface area contributed by atoms with Crippen LogP contribution < -0.4 is 11.5 Å². The van der Waals surface area contributed by atoms with Gasteiger partial charge in [0.05, 0.1) is 12.9 Å². The molecule has 1 aromatic rings. The maximum atomic E-state index is 11.3. The molecular formula is C10H15N3O3. The lowest BCUT2D eigenvalue weighted by Crippen LogP contribution is -2.23. The normalized spacial score (nSPS) is 9.75. The number of hydrogen-bond acceptors (Lipinski definition) is 4. The van der Waals surface area contributed by atoms with E-state index in [1.165, 1.54) is 6.26 Å². The Labute approximate surface area is 93.3 Å². The predicted octanol–water partition coefficient (Wildman–Crippen LogP) is 0.490. The molecule has 0 radical (unpaired) electrons. The Morgan fingerprint density at radius 1 is 1.44 bits per heavy atom. The summed E-state index contributed by atoms with van der Waals surface area (Å²) in [4.78, 5) is 15.1. The molecule has 0 spiro atoms. The summed E-state index contributed by atoms with van der Waals surface area (Å²) in [6, 6.07) is 3.19. The van der Waals surface area contributed by atoms with Gasteiger partial charge in [0.25, 0.3) is 0 Å². The minimum absolute atomic E-state index is 0.0765. The maximum Gasteiger partial charge on any atom is 0.374 e. The zero-order valence-electron chi connectivity index (χ0n) is 8.89. The van der Waals surface area contributed by atoms with Gasteiger partial charge in [-0.15, -0.1) is 0 Å². The second-order valence-corrected chi connectivity index (χ2v) is 3.13. The molecule has 0 aliphatic carbocycles. The third kappa shape index (κ3) is 4.50. The lowest BCUT2D eigenvalue weighted by Gasteiger charge is -2.01. The molecule has 16 heavy (non-hydrogen) atoms. The smallest absolute Gasteiger partial charge is 0.374 e. The molecule has 0 saturated heterocycles. The highest BCUT2D eigenvalue weighted by molar-refractivity contribution is 5.86. The summed E-state index contributed by atoms with van der Waals surface area (Å²) >= 11 is 0. The minimum Gasteiger partial charge on any atom is -0.460 e. The molecule has 1 rings (SSSR count). The summed E-state index contributed by atoms with van der Waals surface area (Å²) in [5, 5.41) is 0. The van der Waals surface area contributed by atoms with Crippen LogP contribution in [0.15, 0.2) is 27.8 Å². The zero-order chi connectivity index (χ0) is 11.8. The van der Waals surface area contributed by atoms with E-state index in [-0.39, 0.29) is 11.7 Å². The fraction of sp³-hybridized carbons (Fsp3) is 0.400. The van der Waals surface area contributed by atoms with Gasteiger partial charge in [-0.2, -0.15) is 0 Å². The van der Waals surface area contributed by atoms with E-state index in [9.17, 15) is 4.79 Å². The molecule has 1 heterocycles. The number of unbranched alkanes of at least 4 members (excludes halogenated alkanes) is 1. The van der Waals surface area contributed by atoms with Crippen LogP contribution in [-0.2, 0) is 4.74 Å². The first kappa shape index (κ1) is 12.1. The molecule has 0 bridgehead atoms. The van der Waals surface area contributed by atoms with Crippen LogP contribution in [0.2, 0.25) is 0 Å². The van der Waals surface area contributed by atoms with Crippen molar-refractivity contribution in [3.8, 4) is 0 Å². The van der Waals surface area contributed by atoms with Gasteiger partial charge in [0, 0.05) is 6.54 Å². The molecule has 0 unspecified atom stereocenters. The monoisotopic (exact) mass is 225 g/mol. The van der Waals surface area contributed by atoms with Crippen molar-refractivity contribution < 1.29 is 13.9 Å². The van der Waals surface area contributed by atoms with Gasteiger partial charge >= 0.3 is 5.97 Å². The number of carbonyl (C=O) groups excluding carboxylic acids is 1. The fourth-order valence-electron chi connectivity index (χ4n) is 1.05. The van der Waals surface area contributed by atoms with Gasteiger partial charge in [-0.25, -0.2) is 4.79 Å². The average molecular weight is 225 g/mol. The van der Waals surface area contributed by atoms with Gasteiger partial charge in [0.1, 0.15) is 0 Å². The first-order chi connectivity index (χ1) is 7.70. The van der Waals surface area contributed by atoms with Gasteiger partial charge in [0.2, 0.25) is 5.76 Å². The number of carbonyl (C=O) groups is 1. The Hall–Kier alpha value is -1.98. The molecule has 6 nitrogen and oxygen atoms in total. The van der Waals surface area contributed by atoms with Crippen LogP contribution in [-0.4, -0.2) is 25.1 Å². The second-order valence-electron chi connectivity index (χ2n) is 3.13. The van der Waals surface area contributed by atoms with Crippen molar-refractivity contribution in [1.29, 1.82) is 0 Å². The van der Waals surface area contributed by atoms with Crippen LogP contribution >= 0.6 is 0 Å². The van der Waals surface area contributed by atoms with Gasteiger partial charge in [-0.3, -0.25) is 4.99 Å². The topological polar surface area (TPSA) is 104 Å². The van der Waals surface area contributed by atoms with E-state index in [4.69, 9.17) is 20.6 Å². The quantitative estimate of drug-likeness (QED) is 0.317. The predicted molar refractivity (Wildman–Crippen MR) is 58.9 cm³/mol.